The number of carbonyl (C=O) groups excluding carboxylic acids is 1. The largest absolute Gasteiger partial charge is 0.385 e. The zero-order valence-corrected chi connectivity index (χ0v) is 15.4. The average molecular weight is 344 g/mol. The van der Waals surface area contributed by atoms with Gasteiger partial charge in [0.1, 0.15) is 11.3 Å². The number of methoxy groups -OCH3 is 1. The molecule has 1 fully saturated rings. The van der Waals surface area contributed by atoms with E-state index in [2.05, 4.69) is 15.2 Å². The number of aryl methyl sites for hydroxylation is 2. The minimum absolute atomic E-state index is 0.0355. The van der Waals surface area contributed by atoms with Crippen molar-refractivity contribution in [2.75, 3.05) is 39.9 Å². The molecule has 6 nitrogen and oxygen atoms in total. The van der Waals surface area contributed by atoms with Gasteiger partial charge in [0.15, 0.2) is 0 Å². The molecular formula is C19H28N4O2. The molecular weight excluding hydrogens is 316 g/mol. The number of carbonyl (C=O) groups is 1. The molecule has 3 rings (SSSR count). The van der Waals surface area contributed by atoms with Gasteiger partial charge in [-0.3, -0.25) is 9.20 Å². The number of fused-ring (bicyclic) bond motifs is 1. The second-order valence-corrected chi connectivity index (χ2v) is 6.99. The number of hydrogen-bond donors (Lipinski definition) is 1. The summed E-state index contributed by atoms with van der Waals surface area (Å²) in [5.74, 6) is 0.486. The molecule has 0 radical (unpaired) electrons. The summed E-state index contributed by atoms with van der Waals surface area (Å²) in [7, 11) is 1.74. The van der Waals surface area contributed by atoms with E-state index >= 15 is 0 Å². The Morgan fingerprint density at radius 2 is 2.28 bits per heavy atom. The maximum absolute atomic E-state index is 12.7. The van der Waals surface area contributed by atoms with Crippen molar-refractivity contribution in [3.8, 4) is 0 Å². The Hall–Kier alpha value is -1.92. The average Bonchev–Trinajstić information content (AvgIpc) is 3.16. The maximum Gasteiger partial charge on any atom is 0.270 e. The van der Waals surface area contributed by atoms with Gasteiger partial charge in [-0.2, -0.15) is 0 Å². The van der Waals surface area contributed by atoms with Gasteiger partial charge < -0.3 is 15.0 Å². The fourth-order valence-corrected chi connectivity index (χ4v) is 3.57. The van der Waals surface area contributed by atoms with Crippen molar-refractivity contribution in [1.82, 2.24) is 19.6 Å². The number of nitrogens with one attached hydrogen (secondary N) is 1. The van der Waals surface area contributed by atoms with Crippen LogP contribution in [0.4, 0.5) is 0 Å². The third-order valence-electron chi connectivity index (χ3n) is 4.92. The quantitative estimate of drug-likeness (QED) is 0.781. The Bertz CT molecular complexity index is 740. The van der Waals surface area contributed by atoms with Crippen LogP contribution in [0.2, 0.25) is 0 Å². The van der Waals surface area contributed by atoms with Crippen LogP contribution < -0.4 is 5.32 Å². The molecule has 1 amide bonds. The van der Waals surface area contributed by atoms with E-state index in [-0.39, 0.29) is 5.91 Å². The molecule has 0 spiro atoms. The van der Waals surface area contributed by atoms with E-state index < -0.39 is 0 Å². The van der Waals surface area contributed by atoms with Crippen LogP contribution >= 0.6 is 0 Å². The first-order chi connectivity index (χ1) is 12.1. The summed E-state index contributed by atoms with van der Waals surface area (Å²) in [6.45, 7) is 8.69. The number of aromatic nitrogens is 2. The smallest absolute Gasteiger partial charge is 0.270 e. The zero-order chi connectivity index (χ0) is 17.8. The first-order valence-corrected chi connectivity index (χ1v) is 9.03. The lowest BCUT2D eigenvalue weighted by Crippen LogP contribution is -2.32. The van der Waals surface area contributed by atoms with Crippen LogP contribution in [-0.2, 0) is 4.74 Å². The van der Waals surface area contributed by atoms with Crippen LogP contribution in [0, 0.1) is 19.8 Å². The molecule has 25 heavy (non-hydrogen) atoms. The van der Waals surface area contributed by atoms with Gasteiger partial charge in [-0.25, -0.2) is 4.98 Å². The number of ether oxygens (including phenoxy) is 1. The highest BCUT2D eigenvalue weighted by Gasteiger charge is 2.23. The highest BCUT2D eigenvalue weighted by Crippen LogP contribution is 2.17. The molecule has 0 saturated carbocycles. The van der Waals surface area contributed by atoms with E-state index in [4.69, 9.17) is 4.74 Å². The van der Waals surface area contributed by atoms with E-state index in [1.807, 2.05) is 36.6 Å². The molecule has 1 saturated heterocycles. The molecule has 6 heteroatoms. The number of hydrogen-bond acceptors (Lipinski definition) is 4. The summed E-state index contributed by atoms with van der Waals surface area (Å²) >= 11 is 0. The van der Waals surface area contributed by atoms with Crippen LogP contribution in [0.15, 0.2) is 18.3 Å². The van der Waals surface area contributed by atoms with Gasteiger partial charge in [-0.15, -0.1) is 0 Å². The molecule has 1 atom stereocenters. The Balaban J connectivity index is 1.56. The normalized spacial score (nSPS) is 18.1. The minimum atomic E-state index is -0.0355. The second-order valence-electron chi connectivity index (χ2n) is 6.99. The van der Waals surface area contributed by atoms with Crippen molar-refractivity contribution in [2.24, 2.45) is 5.92 Å². The van der Waals surface area contributed by atoms with Crippen molar-refractivity contribution in [3.05, 3.63) is 35.3 Å². The maximum atomic E-state index is 12.7. The Morgan fingerprint density at radius 3 is 3.08 bits per heavy atom. The zero-order valence-electron chi connectivity index (χ0n) is 15.4. The van der Waals surface area contributed by atoms with E-state index in [1.54, 1.807) is 7.11 Å². The van der Waals surface area contributed by atoms with Gasteiger partial charge >= 0.3 is 0 Å². The fraction of sp³-hybridized carbons (Fsp3) is 0.579. The summed E-state index contributed by atoms with van der Waals surface area (Å²) < 4.78 is 6.99. The molecule has 0 aromatic carbocycles. The van der Waals surface area contributed by atoms with Crippen LogP contribution in [0.25, 0.3) is 5.65 Å². The first-order valence-electron chi connectivity index (χ1n) is 9.03. The summed E-state index contributed by atoms with van der Waals surface area (Å²) in [5.41, 5.74) is 3.39. The third kappa shape index (κ3) is 4.19. The molecule has 0 aliphatic carbocycles. The van der Waals surface area contributed by atoms with Gasteiger partial charge in [-0.05, 0) is 56.8 Å². The van der Waals surface area contributed by atoms with E-state index in [1.165, 1.54) is 0 Å². The number of rotatable bonds is 7. The Labute approximate surface area is 149 Å². The number of imidazole rings is 1. The Kier molecular flexibility index (Phi) is 5.71. The van der Waals surface area contributed by atoms with Crippen LogP contribution in [0.3, 0.4) is 0 Å². The van der Waals surface area contributed by atoms with E-state index in [0.29, 0.717) is 11.6 Å². The van der Waals surface area contributed by atoms with Gasteiger partial charge in [0.2, 0.25) is 0 Å². The lowest BCUT2D eigenvalue weighted by atomic mass is 10.1. The molecule has 1 aliphatic rings. The lowest BCUT2D eigenvalue weighted by molar-refractivity contribution is 0.0940. The van der Waals surface area contributed by atoms with Crippen LogP contribution in [0.5, 0.6) is 0 Å². The topological polar surface area (TPSA) is 58.9 Å². The predicted octanol–water partition coefficient (Wildman–Crippen LogP) is 2.04. The summed E-state index contributed by atoms with van der Waals surface area (Å²) in [5, 5.41) is 3.11. The van der Waals surface area contributed by atoms with Crippen molar-refractivity contribution >= 4 is 11.6 Å². The molecule has 2 aromatic heterocycles. The van der Waals surface area contributed by atoms with Crippen molar-refractivity contribution < 1.29 is 9.53 Å². The summed E-state index contributed by atoms with van der Waals surface area (Å²) in [6.07, 6.45) is 4.13. The fourth-order valence-electron chi connectivity index (χ4n) is 3.57. The van der Waals surface area contributed by atoms with Crippen molar-refractivity contribution in [3.63, 3.8) is 0 Å². The third-order valence-corrected chi connectivity index (χ3v) is 4.92. The number of likely N-dealkylation sites (tertiary alicyclic amines) is 1. The lowest BCUT2D eigenvalue weighted by Gasteiger charge is -2.16. The molecule has 136 valence electrons. The predicted molar refractivity (Wildman–Crippen MR) is 98.0 cm³/mol. The van der Waals surface area contributed by atoms with Gasteiger partial charge in [0.25, 0.3) is 5.91 Å². The molecule has 1 aliphatic heterocycles. The highest BCUT2D eigenvalue weighted by atomic mass is 16.5. The van der Waals surface area contributed by atoms with Gasteiger partial charge in [0, 0.05) is 39.5 Å². The van der Waals surface area contributed by atoms with Gasteiger partial charge in [0.05, 0.1) is 5.69 Å². The van der Waals surface area contributed by atoms with Crippen molar-refractivity contribution in [2.45, 2.75) is 26.7 Å². The van der Waals surface area contributed by atoms with Crippen LogP contribution in [0.1, 0.15) is 34.6 Å². The van der Waals surface area contributed by atoms with Gasteiger partial charge in [-0.1, -0.05) is 0 Å². The molecule has 0 bridgehead atoms. The first kappa shape index (κ1) is 17.9. The van der Waals surface area contributed by atoms with Crippen molar-refractivity contribution in [1.29, 1.82) is 0 Å². The van der Waals surface area contributed by atoms with E-state index in [0.717, 1.165) is 62.5 Å². The number of amides is 1. The molecule has 2 aromatic rings. The minimum Gasteiger partial charge on any atom is -0.385 e. The second kappa shape index (κ2) is 7.97. The summed E-state index contributed by atoms with van der Waals surface area (Å²) in [4.78, 5) is 19.6. The monoisotopic (exact) mass is 344 g/mol. The SMILES string of the molecule is COCCCN1CC[C@@H](CNC(=O)c2c(C)nc3cc(C)ccn23)C1. The number of pyridine rings is 1. The highest BCUT2D eigenvalue weighted by molar-refractivity contribution is 5.94. The summed E-state index contributed by atoms with van der Waals surface area (Å²) in [6, 6.07) is 4.00. The molecule has 1 N–H and O–H groups in total. The number of nitrogens with zero attached hydrogens (tertiary/aromatic N) is 3. The molecule has 0 unspecified atom stereocenters. The Morgan fingerprint density at radius 1 is 1.44 bits per heavy atom. The standard InChI is InChI=1S/C19H28N4O2/c1-14-5-9-23-17(11-14)21-15(2)18(23)19(24)20-12-16-6-8-22(13-16)7-4-10-25-3/h5,9,11,16H,4,6-8,10,12-13H2,1-3H3,(H,20,24)/t16-/m0/s1. The van der Waals surface area contributed by atoms with E-state index in [9.17, 15) is 4.79 Å². The van der Waals surface area contributed by atoms with Crippen LogP contribution in [-0.4, -0.2) is 60.1 Å². The molecule has 3 heterocycles.